The Morgan fingerprint density at radius 2 is 0.821 bits per heavy atom. The van der Waals surface area contributed by atoms with Gasteiger partial charge in [0.25, 0.3) is 0 Å². The molecule has 0 atom stereocenters. The molecule has 229 valence electrons. The average Bonchev–Trinajstić information content (AvgIpc) is 2.70. The molecule has 1 radical (unpaired) electrons. The third kappa shape index (κ3) is 27.2. The van der Waals surface area contributed by atoms with Crippen molar-refractivity contribution in [3.8, 4) is 0 Å². The number of halogens is 8. The summed E-state index contributed by atoms with van der Waals surface area (Å²) in [7, 11) is 0.355. The van der Waals surface area contributed by atoms with Crippen molar-refractivity contribution in [1.82, 2.24) is 19.8 Å². The second kappa shape index (κ2) is 20.7. The smallest absolute Gasteiger partial charge is 0.457 e. The van der Waals surface area contributed by atoms with E-state index in [0.717, 1.165) is 49.2 Å². The molecule has 39 heavy (non-hydrogen) atoms. The Morgan fingerprint density at radius 1 is 0.564 bits per heavy atom. The van der Waals surface area contributed by atoms with Crippen LogP contribution in [0.15, 0.2) is 36.4 Å². The molecule has 0 bridgehead atoms. The fourth-order valence-corrected chi connectivity index (χ4v) is 2.66. The van der Waals surface area contributed by atoms with Gasteiger partial charge in [0.05, 0.1) is 11.4 Å². The van der Waals surface area contributed by atoms with Crippen LogP contribution in [0.1, 0.15) is 11.4 Å². The molecular formula is C20H38B2CoF8N6O2+2. The first-order chi connectivity index (χ1) is 16.3. The van der Waals surface area contributed by atoms with Gasteiger partial charge in [-0.15, -0.1) is 0 Å². The molecule has 2 aromatic heterocycles. The van der Waals surface area contributed by atoms with Gasteiger partial charge in [-0.2, -0.15) is 0 Å². The molecule has 0 aliphatic heterocycles. The second-order valence-corrected chi connectivity index (χ2v) is 8.23. The molecule has 0 aliphatic rings. The van der Waals surface area contributed by atoms with E-state index in [1.165, 1.54) is 0 Å². The molecule has 0 spiro atoms. The molecule has 0 fully saturated rings. The number of rotatable bonds is 9. The van der Waals surface area contributed by atoms with Crippen LogP contribution in [0.5, 0.6) is 0 Å². The van der Waals surface area contributed by atoms with Gasteiger partial charge in [0.15, 0.2) is 0 Å². The molecule has 6 N–H and O–H groups in total. The quantitative estimate of drug-likeness (QED) is 0.241. The van der Waals surface area contributed by atoms with Crippen LogP contribution in [0.25, 0.3) is 0 Å². The number of anilines is 2. The monoisotopic (exact) mass is 627 g/mol. The summed E-state index contributed by atoms with van der Waals surface area (Å²) in [6.45, 7) is 3.67. The summed E-state index contributed by atoms with van der Waals surface area (Å²) in [5.74, 6) is 2.00. The predicted octanol–water partition coefficient (Wildman–Crippen LogP) is 2.93. The van der Waals surface area contributed by atoms with E-state index in [1.54, 1.807) is 0 Å². The minimum absolute atomic E-state index is 0. The van der Waals surface area contributed by atoms with Gasteiger partial charge in [-0.05, 0) is 38.4 Å². The van der Waals surface area contributed by atoms with Crippen molar-refractivity contribution in [2.75, 3.05) is 65.2 Å². The number of nitrogens with zero attached hydrogens (tertiary/aromatic N) is 6. The third-order valence-electron chi connectivity index (χ3n) is 4.23. The van der Waals surface area contributed by atoms with Crippen molar-refractivity contribution in [2.24, 2.45) is 0 Å². The molecule has 2 heterocycles. The van der Waals surface area contributed by atoms with Crippen LogP contribution in [-0.2, 0) is 40.8 Å². The van der Waals surface area contributed by atoms with Gasteiger partial charge < -0.3 is 55.3 Å². The summed E-state index contributed by atoms with van der Waals surface area (Å²) in [6, 6.07) is 12.4. The van der Waals surface area contributed by atoms with Gasteiger partial charge in [0, 0.05) is 54.4 Å². The maximum Gasteiger partial charge on any atom is 2.00 e. The van der Waals surface area contributed by atoms with E-state index in [1.807, 2.05) is 50.1 Å². The number of likely N-dealkylation sites (N-methyl/N-ethyl adjacent to an activating group) is 2. The first kappa shape index (κ1) is 43.9. The largest absolute Gasteiger partial charge is 2.00 e. The molecule has 2 aromatic rings. The van der Waals surface area contributed by atoms with Gasteiger partial charge >= 0.3 is 31.3 Å². The van der Waals surface area contributed by atoms with Gasteiger partial charge in [-0.25, -0.2) is 9.97 Å². The third-order valence-corrected chi connectivity index (χ3v) is 4.23. The van der Waals surface area contributed by atoms with E-state index in [-0.39, 0.29) is 27.7 Å². The molecular weight excluding hydrogens is 589 g/mol. The molecule has 0 saturated heterocycles. The Bertz CT molecular complexity index is 818. The summed E-state index contributed by atoms with van der Waals surface area (Å²) in [5.41, 5.74) is 2.20. The summed E-state index contributed by atoms with van der Waals surface area (Å²) in [4.78, 5) is 18.1. The van der Waals surface area contributed by atoms with Crippen LogP contribution in [-0.4, -0.2) is 89.7 Å². The normalized spacial score (nSPS) is 10.6. The van der Waals surface area contributed by atoms with Crippen molar-refractivity contribution in [3.05, 3.63) is 47.8 Å². The summed E-state index contributed by atoms with van der Waals surface area (Å²) in [5, 5.41) is 0. The van der Waals surface area contributed by atoms with Crippen LogP contribution in [0.2, 0.25) is 0 Å². The molecule has 0 unspecified atom stereocenters. The van der Waals surface area contributed by atoms with E-state index in [9.17, 15) is 34.5 Å². The Kier molecular flexibility index (Phi) is 23.3. The Balaban J connectivity index is -0.000000405. The van der Waals surface area contributed by atoms with Crippen LogP contribution in [0.4, 0.5) is 46.2 Å². The molecule has 19 heteroatoms. The zero-order chi connectivity index (χ0) is 28.1. The van der Waals surface area contributed by atoms with Crippen LogP contribution in [0, 0.1) is 0 Å². The van der Waals surface area contributed by atoms with Crippen LogP contribution >= 0.6 is 0 Å². The van der Waals surface area contributed by atoms with E-state index >= 15 is 0 Å². The maximum atomic E-state index is 9.75. The molecule has 2 rings (SSSR count). The number of hydrogen-bond acceptors (Lipinski definition) is 6. The Hall–Kier alpha value is -2.18. The summed E-state index contributed by atoms with van der Waals surface area (Å²) >= 11 is 0. The maximum absolute atomic E-state index is 9.75. The standard InChI is InChI=1S/C20H32N6.2BF4.Co.2H2O/c1-23(2)19-11-7-9-17(21-19)15-25(5)13-14-26(6)16-18-10-8-12-20(22-18)24(3)4;2*2-1(3,4)5;;;/h7-12H,13-16H2,1-6H3;;;;2*1H2/q;2*-1;+2;;/p+2. The second-order valence-electron chi connectivity index (χ2n) is 8.23. The predicted molar refractivity (Wildman–Crippen MR) is 140 cm³/mol. The number of hydrogen-bond donors (Lipinski definition) is 0. The van der Waals surface area contributed by atoms with E-state index < -0.39 is 14.5 Å². The fourth-order valence-electron chi connectivity index (χ4n) is 2.66. The summed E-state index contributed by atoms with van der Waals surface area (Å²) in [6.07, 6.45) is 0. The first-order valence-electron chi connectivity index (χ1n) is 10.7. The van der Waals surface area contributed by atoms with E-state index in [0.29, 0.717) is 0 Å². The van der Waals surface area contributed by atoms with Crippen molar-refractivity contribution in [1.29, 1.82) is 0 Å². The number of aromatic nitrogens is 2. The number of pyridine rings is 2. The SMILES string of the molecule is CN(CCN(C)Cc1cccc(N(C)C)n1)Cc1cccc(N(C)C)n1.F[B-](F)(F)F.F[B-](F)(F)F.[Co+2].[OH3+].[OH3+]. The minimum atomic E-state index is -6.00. The summed E-state index contributed by atoms with van der Waals surface area (Å²) < 4.78 is 78.0. The van der Waals surface area contributed by atoms with E-state index in [2.05, 4.69) is 58.1 Å². The van der Waals surface area contributed by atoms with Crippen molar-refractivity contribution in [2.45, 2.75) is 13.1 Å². The van der Waals surface area contributed by atoms with Crippen LogP contribution < -0.4 is 9.80 Å². The first-order valence-corrected chi connectivity index (χ1v) is 10.7. The molecule has 0 aromatic carbocycles. The van der Waals surface area contributed by atoms with E-state index in [4.69, 9.17) is 0 Å². The Labute approximate surface area is 234 Å². The van der Waals surface area contributed by atoms with Crippen LogP contribution in [0.3, 0.4) is 0 Å². The van der Waals surface area contributed by atoms with Gasteiger partial charge in [-0.1, -0.05) is 12.1 Å². The van der Waals surface area contributed by atoms with Gasteiger partial charge in [0.2, 0.25) is 0 Å². The van der Waals surface area contributed by atoms with Gasteiger partial charge in [0.1, 0.15) is 11.6 Å². The van der Waals surface area contributed by atoms with Crippen molar-refractivity contribution >= 4 is 26.1 Å². The minimum Gasteiger partial charge on any atom is -0.457 e. The van der Waals surface area contributed by atoms with Gasteiger partial charge in [-0.3, -0.25) is 9.80 Å². The average molecular weight is 627 g/mol. The van der Waals surface area contributed by atoms with Crippen molar-refractivity contribution in [3.63, 3.8) is 0 Å². The topological polar surface area (TPSA) is 105 Å². The molecule has 0 aliphatic carbocycles. The Morgan fingerprint density at radius 3 is 1.05 bits per heavy atom. The molecule has 8 nitrogen and oxygen atoms in total. The molecule has 0 amide bonds. The zero-order valence-electron chi connectivity index (χ0n) is 22.6. The van der Waals surface area contributed by atoms with Crippen molar-refractivity contribution < 1.29 is 62.3 Å². The molecule has 0 saturated carbocycles. The fraction of sp³-hybridized carbons (Fsp3) is 0.500. The zero-order valence-corrected chi connectivity index (χ0v) is 23.7.